The number of aryl methyl sites for hydroxylation is 1. The Morgan fingerprint density at radius 2 is 1.97 bits per heavy atom. The van der Waals surface area contributed by atoms with Gasteiger partial charge in [0, 0.05) is 50.4 Å². The predicted octanol–water partition coefficient (Wildman–Crippen LogP) is 1.92. The van der Waals surface area contributed by atoms with Crippen molar-refractivity contribution in [2.75, 3.05) is 19.6 Å². The minimum absolute atomic E-state index is 0.0146. The molecule has 12 heteroatoms. The van der Waals surface area contributed by atoms with E-state index >= 15 is 0 Å². The second-order valence-electron chi connectivity index (χ2n) is 7.92. The van der Waals surface area contributed by atoms with Crippen LogP contribution < -0.4 is 5.73 Å². The Bertz CT molecular complexity index is 861. The van der Waals surface area contributed by atoms with Crippen molar-refractivity contribution in [2.24, 2.45) is 5.73 Å². The molecule has 1 saturated heterocycles. The van der Waals surface area contributed by atoms with Gasteiger partial charge in [-0.05, 0) is 6.42 Å². The highest BCUT2D eigenvalue weighted by molar-refractivity contribution is 5.78. The maximum Gasteiger partial charge on any atom is 0.433 e. The summed E-state index contributed by atoms with van der Waals surface area (Å²) in [6, 6.07) is -0.867. The molecule has 2 aliphatic rings. The molecule has 0 radical (unpaired) electrons. The van der Waals surface area contributed by atoms with Gasteiger partial charge in [0.2, 0.25) is 11.8 Å². The molecule has 3 rings (SSSR count). The largest absolute Gasteiger partial charge is 0.433 e. The molecule has 172 valence electrons. The molecule has 1 atom stereocenters. The molecule has 31 heavy (non-hydrogen) atoms. The number of halogens is 5. The van der Waals surface area contributed by atoms with Crippen molar-refractivity contribution in [3.63, 3.8) is 0 Å². The second kappa shape index (κ2) is 8.64. The number of alkyl halides is 5. The molecule has 3 heterocycles. The van der Waals surface area contributed by atoms with E-state index < -0.39 is 48.6 Å². The fraction of sp³-hybridized carbons (Fsp3) is 0.684. The monoisotopic (exact) mass is 449 g/mol. The summed E-state index contributed by atoms with van der Waals surface area (Å²) >= 11 is 0. The van der Waals surface area contributed by atoms with Crippen LogP contribution in [0.4, 0.5) is 22.0 Å². The first-order chi connectivity index (χ1) is 14.4. The molecule has 1 aromatic heterocycles. The average Bonchev–Trinajstić information content (AvgIpc) is 2.68. The Hall–Kier alpha value is -2.37. The number of aromatic nitrogens is 2. The zero-order valence-electron chi connectivity index (χ0n) is 17.0. The van der Waals surface area contributed by atoms with E-state index in [2.05, 4.69) is 9.97 Å². The number of piperidine rings is 1. The lowest BCUT2D eigenvalue weighted by Crippen LogP contribution is -2.51. The predicted molar refractivity (Wildman–Crippen MR) is 98.9 cm³/mol. The topological polar surface area (TPSA) is 92.4 Å². The minimum Gasteiger partial charge on any atom is -0.336 e. The van der Waals surface area contributed by atoms with E-state index in [9.17, 15) is 31.5 Å². The van der Waals surface area contributed by atoms with Gasteiger partial charge < -0.3 is 15.5 Å². The smallest absolute Gasteiger partial charge is 0.336 e. The molecule has 1 fully saturated rings. The molecule has 2 N–H and O–H groups in total. The van der Waals surface area contributed by atoms with Gasteiger partial charge in [-0.2, -0.15) is 13.2 Å². The van der Waals surface area contributed by atoms with Crippen LogP contribution in [-0.2, 0) is 35.2 Å². The summed E-state index contributed by atoms with van der Waals surface area (Å²) in [5.41, 5.74) is 5.09. The number of carbonyl (C=O) groups excluding carboxylic acids is 2. The number of rotatable bonds is 5. The summed E-state index contributed by atoms with van der Waals surface area (Å²) < 4.78 is 67.2. The first kappa shape index (κ1) is 23.3. The zero-order valence-corrected chi connectivity index (χ0v) is 17.0. The van der Waals surface area contributed by atoms with Gasteiger partial charge in [0.1, 0.15) is 5.82 Å². The maximum absolute atomic E-state index is 13.5. The Morgan fingerprint density at radius 1 is 1.26 bits per heavy atom. The number of nitrogens with zero attached hydrogens (tertiary/aromatic N) is 4. The number of amides is 2. The third-order valence-corrected chi connectivity index (χ3v) is 5.42. The van der Waals surface area contributed by atoms with Gasteiger partial charge in [-0.15, -0.1) is 0 Å². The molecule has 0 aliphatic carbocycles. The van der Waals surface area contributed by atoms with Crippen LogP contribution in [0, 0.1) is 0 Å². The minimum atomic E-state index is -4.62. The molecular weight excluding hydrogens is 425 g/mol. The standard InChI is InChI=1S/C19H24F5N5O2/c1-2-14-26-13-9-28(6-4-12(13)17(27-14)19(22,23)24)16(31)7-11(25)8-29-10-18(20,21)5-3-15(29)30/h11H,2-10,25H2,1H3/t11-/m1/s1. The van der Waals surface area contributed by atoms with Gasteiger partial charge in [-0.3, -0.25) is 9.59 Å². The van der Waals surface area contributed by atoms with Gasteiger partial charge in [0.05, 0.1) is 18.8 Å². The zero-order chi connectivity index (χ0) is 23.0. The fourth-order valence-corrected chi connectivity index (χ4v) is 3.85. The van der Waals surface area contributed by atoms with Crippen LogP contribution in [0.25, 0.3) is 0 Å². The normalized spacial score (nSPS) is 19.9. The number of hydrogen-bond acceptors (Lipinski definition) is 5. The molecule has 0 saturated carbocycles. The maximum atomic E-state index is 13.5. The summed E-state index contributed by atoms with van der Waals surface area (Å²) in [5.74, 6) is -3.81. The number of likely N-dealkylation sites (tertiary alicyclic amines) is 1. The Balaban J connectivity index is 1.66. The third-order valence-electron chi connectivity index (χ3n) is 5.42. The van der Waals surface area contributed by atoms with E-state index in [-0.39, 0.29) is 62.4 Å². The molecule has 2 aliphatic heterocycles. The fourth-order valence-electron chi connectivity index (χ4n) is 3.85. The van der Waals surface area contributed by atoms with Gasteiger partial charge in [0.25, 0.3) is 5.92 Å². The highest BCUT2D eigenvalue weighted by Crippen LogP contribution is 2.34. The lowest BCUT2D eigenvalue weighted by molar-refractivity contribution is -0.148. The molecule has 0 aromatic carbocycles. The van der Waals surface area contributed by atoms with E-state index in [1.165, 1.54) is 4.90 Å². The Labute approximate surface area is 175 Å². The van der Waals surface area contributed by atoms with Crippen molar-refractivity contribution in [3.05, 3.63) is 22.8 Å². The van der Waals surface area contributed by atoms with Crippen LogP contribution >= 0.6 is 0 Å². The summed E-state index contributed by atoms with van der Waals surface area (Å²) in [6.45, 7) is 0.641. The molecule has 1 aromatic rings. The van der Waals surface area contributed by atoms with Crippen molar-refractivity contribution in [1.29, 1.82) is 0 Å². The number of fused-ring (bicyclic) bond motifs is 1. The van der Waals surface area contributed by atoms with Crippen LogP contribution in [0.2, 0.25) is 0 Å². The summed E-state index contributed by atoms with van der Waals surface area (Å²) in [5, 5.41) is 0. The van der Waals surface area contributed by atoms with Crippen molar-refractivity contribution in [1.82, 2.24) is 19.8 Å². The first-order valence-corrected chi connectivity index (χ1v) is 10.0. The number of nitrogens with two attached hydrogens (primary N) is 1. The molecule has 7 nitrogen and oxygen atoms in total. The number of hydrogen-bond donors (Lipinski definition) is 1. The van der Waals surface area contributed by atoms with Gasteiger partial charge in [0.15, 0.2) is 5.69 Å². The molecule has 0 spiro atoms. The van der Waals surface area contributed by atoms with Gasteiger partial charge in [-0.25, -0.2) is 18.7 Å². The summed E-state index contributed by atoms with van der Waals surface area (Å²) in [7, 11) is 0. The molecule has 0 unspecified atom stereocenters. The lowest BCUT2D eigenvalue weighted by atomic mass is 10.0. The molecule has 0 bridgehead atoms. The SMILES string of the molecule is CCc1nc2c(c(C(F)(F)F)n1)CCN(C(=O)C[C@@H](N)CN1CC(F)(F)CCC1=O)C2. The Kier molecular flexibility index (Phi) is 6.49. The molecule has 2 amide bonds. The third kappa shape index (κ3) is 5.46. The van der Waals surface area contributed by atoms with Gasteiger partial charge in [-0.1, -0.05) is 6.92 Å². The van der Waals surface area contributed by atoms with E-state index in [0.717, 1.165) is 4.90 Å². The summed E-state index contributed by atoms with van der Waals surface area (Å²) in [6.07, 6.45) is -5.46. The van der Waals surface area contributed by atoms with E-state index in [4.69, 9.17) is 5.73 Å². The highest BCUT2D eigenvalue weighted by Gasteiger charge is 2.40. The lowest BCUT2D eigenvalue weighted by Gasteiger charge is -2.34. The second-order valence-corrected chi connectivity index (χ2v) is 7.92. The van der Waals surface area contributed by atoms with E-state index in [0.29, 0.717) is 0 Å². The van der Waals surface area contributed by atoms with Gasteiger partial charge >= 0.3 is 6.18 Å². The van der Waals surface area contributed by atoms with Crippen LogP contribution in [0.15, 0.2) is 0 Å². The van der Waals surface area contributed by atoms with Crippen LogP contribution in [0.3, 0.4) is 0 Å². The summed E-state index contributed by atoms with van der Waals surface area (Å²) in [4.78, 5) is 34.6. The quantitative estimate of drug-likeness (QED) is 0.694. The first-order valence-electron chi connectivity index (χ1n) is 10.0. The van der Waals surface area contributed by atoms with Crippen molar-refractivity contribution >= 4 is 11.8 Å². The highest BCUT2D eigenvalue weighted by atomic mass is 19.4. The van der Waals surface area contributed by atoms with Crippen LogP contribution in [0.5, 0.6) is 0 Å². The molecular formula is C19H24F5N5O2. The van der Waals surface area contributed by atoms with Crippen molar-refractivity contribution < 1.29 is 31.5 Å². The van der Waals surface area contributed by atoms with Crippen molar-refractivity contribution in [2.45, 2.75) is 63.7 Å². The average molecular weight is 449 g/mol. The Morgan fingerprint density at radius 3 is 2.61 bits per heavy atom. The van der Waals surface area contributed by atoms with Crippen LogP contribution in [0.1, 0.15) is 49.0 Å². The van der Waals surface area contributed by atoms with Crippen LogP contribution in [-0.4, -0.2) is 63.2 Å². The number of carbonyl (C=O) groups is 2. The van der Waals surface area contributed by atoms with Crippen molar-refractivity contribution in [3.8, 4) is 0 Å². The van der Waals surface area contributed by atoms with E-state index in [1.807, 2.05) is 0 Å². The van der Waals surface area contributed by atoms with E-state index in [1.54, 1.807) is 6.92 Å².